The average molecular weight is 222 g/mol. The minimum absolute atomic E-state index is 0.113. The molecule has 0 spiro atoms. The number of nitrogens with one attached hydrogen (secondary N) is 1. The smallest absolute Gasteiger partial charge is 0.412 e. The highest BCUT2D eigenvalue weighted by Crippen LogP contribution is 2.12. The van der Waals surface area contributed by atoms with Gasteiger partial charge in [-0.2, -0.15) is 0 Å². The van der Waals surface area contributed by atoms with Gasteiger partial charge in [-0.15, -0.1) is 0 Å². The molecule has 16 heavy (non-hydrogen) atoms. The van der Waals surface area contributed by atoms with Crippen LogP contribution in [-0.4, -0.2) is 25.4 Å². The SMILES string of the molecule is NCc1cccc(NC(=O)OC2COC2)c1. The molecule has 1 heterocycles. The van der Waals surface area contributed by atoms with Gasteiger partial charge in [-0.05, 0) is 17.7 Å². The number of amides is 1. The first-order valence-electron chi connectivity index (χ1n) is 5.12. The summed E-state index contributed by atoms with van der Waals surface area (Å²) in [6.45, 7) is 1.41. The standard InChI is InChI=1S/C11H14N2O3/c12-5-8-2-1-3-9(4-8)13-11(14)16-10-6-15-7-10/h1-4,10H,5-7,12H2,(H,13,14). The van der Waals surface area contributed by atoms with E-state index in [1.807, 2.05) is 18.2 Å². The number of ether oxygens (including phenoxy) is 2. The summed E-state index contributed by atoms with van der Waals surface area (Å²) in [4.78, 5) is 11.4. The van der Waals surface area contributed by atoms with Crippen molar-refractivity contribution in [2.75, 3.05) is 18.5 Å². The highest BCUT2D eigenvalue weighted by Gasteiger charge is 2.22. The molecule has 1 amide bonds. The van der Waals surface area contributed by atoms with Crippen molar-refractivity contribution in [3.8, 4) is 0 Å². The highest BCUT2D eigenvalue weighted by molar-refractivity contribution is 5.84. The molecule has 5 heteroatoms. The van der Waals surface area contributed by atoms with Crippen molar-refractivity contribution in [3.63, 3.8) is 0 Å². The molecule has 2 rings (SSSR count). The molecule has 0 unspecified atom stereocenters. The van der Waals surface area contributed by atoms with Crippen molar-refractivity contribution in [2.24, 2.45) is 5.73 Å². The fraction of sp³-hybridized carbons (Fsp3) is 0.364. The molecule has 1 aromatic carbocycles. The van der Waals surface area contributed by atoms with E-state index in [0.717, 1.165) is 5.56 Å². The molecule has 5 nitrogen and oxygen atoms in total. The molecule has 1 aliphatic rings. The summed E-state index contributed by atoms with van der Waals surface area (Å²) >= 11 is 0. The van der Waals surface area contributed by atoms with Gasteiger partial charge in [0, 0.05) is 12.2 Å². The van der Waals surface area contributed by atoms with E-state index in [4.69, 9.17) is 15.2 Å². The minimum Gasteiger partial charge on any atom is -0.441 e. The number of hydrogen-bond acceptors (Lipinski definition) is 4. The van der Waals surface area contributed by atoms with Crippen LogP contribution in [0.4, 0.5) is 10.5 Å². The maximum absolute atomic E-state index is 11.4. The van der Waals surface area contributed by atoms with E-state index < -0.39 is 6.09 Å². The van der Waals surface area contributed by atoms with Crippen molar-refractivity contribution in [2.45, 2.75) is 12.6 Å². The van der Waals surface area contributed by atoms with Gasteiger partial charge < -0.3 is 15.2 Å². The predicted octanol–water partition coefficient (Wildman–Crippen LogP) is 1.09. The summed E-state index contributed by atoms with van der Waals surface area (Å²) in [7, 11) is 0. The van der Waals surface area contributed by atoms with Crippen molar-refractivity contribution >= 4 is 11.8 Å². The van der Waals surface area contributed by atoms with Crippen LogP contribution in [0.2, 0.25) is 0 Å². The zero-order valence-corrected chi connectivity index (χ0v) is 8.81. The monoisotopic (exact) mass is 222 g/mol. The van der Waals surface area contributed by atoms with Gasteiger partial charge in [0.1, 0.15) is 0 Å². The highest BCUT2D eigenvalue weighted by atomic mass is 16.6. The van der Waals surface area contributed by atoms with Gasteiger partial charge >= 0.3 is 6.09 Å². The van der Waals surface area contributed by atoms with E-state index in [1.54, 1.807) is 6.07 Å². The Morgan fingerprint density at radius 3 is 3.00 bits per heavy atom. The van der Waals surface area contributed by atoms with Crippen LogP contribution >= 0.6 is 0 Å². The second-order valence-corrected chi connectivity index (χ2v) is 3.59. The molecule has 1 fully saturated rings. The van der Waals surface area contributed by atoms with Gasteiger partial charge in [-0.1, -0.05) is 12.1 Å². The number of benzene rings is 1. The second kappa shape index (κ2) is 4.96. The van der Waals surface area contributed by atoms with Gasteiger partial charge in [-0.25, -0.2) is 4.79 Å². The molecule has 1 saturated heterocycles. The average Bonchev–Trinajstić information content (AvgIpc) is 2.24. The normalized spacial score (nSPS) is 15.3. The third kappa shape index (κ3) is 2.71. The Morgan fingerprint density at radius 1 is 1.56 bits per heavy atom. The Balaban J connectivity index is 1.89. The first-order valence-corrected chi connectivity index (χ1v) is 5.12. The summed E-state index contributed by atoms with van der Waals surface area (Å²) in [5.74, 6) is 0. The lowest BCUT2D eigenvalue weighted by Gasteiger charge is -2.25. The van der Waals surface area contributed by atoms with Crippen LogP contribution in [0.3, 0.4) is 0 Å². The van der Waals surface area contributed by atoms with E-state index in [9.17, 15) is 4.79 Å². The van der Waals surface area contributed by atoms with Gasteiger partial charge in [-0.3, -0.25) is 5.32 Å². The largest absolute Gasteiger partial charge is 0.441 e. The van der Waals surface area contributed by atoms with Crippen LogP contribution in [0, 0.1) is 0 Å². The van der Waals surface area contributed by atoms with Crippen LogP contribution < -0.4 is 11.1 Å². The molecule has 1 aliphatic heterocycles. The van der Waals surface area contributed by atoms with Crippen LogP contribution in [0.5, 0.6) is 0 Å². The zero-order chi connectivity index (χ0) is 11.4. The summed E-state index contributed by atoms with van der Waals surface area (Å²) in [5.41, 5.74) is 7.15. The molecule has 0 aromatic heterocycles. The third-order valence-electron chi connectivity index (χ3n) is 2.29. The topological polar surface area (TPSA) is 73.6 Å². The Hall–Kier alpha value is -1.59. The second-order valence-electron chi connectivity index (χ2n) is 3.59. The van der Waals surface area contributed by atoms with E-state index >= 15 is 0 Å². The summed E-state index contributed by atoms with van der Waals surface area (Å²) in [5, 5.41) is 2.64. The van der Waals surface area contributed by atoms with Gasteiger partial charge in [0.05, 0.1) is 13.2 Å². The lowest BCUT2D eigenvalue weighted by atomic mass is 10.2. The molecular formula is C11H14N2O3. The van der Waals surface area contributed by atoms with Crippen molar-refractivity contribution in [3.05, 3.63) is 29.8 Å². The number of carbonyl (C=O) groups excluding carboxylic acids is 1. The van der Waals surface area contributed by atoms with Crippen molar-refractivity contribution in [1.82, 2.24) is 0 Å². The Labute approximate surface area is 93.5 Å². The van der Waals surface area contributed by atoms with E-state index in [0.29, 0.717) is 25.4 Å². The Bertz CT molecular complexity index is 377. The molecule has 0 bridgehead atoms. The number of anilines is 1. The quantitative estimate of drug-likeness (QED) is 0.803. The number of rotatable bonds is 3. The van der Waals surface area contributed by atoms with E-state index in [2.05, 4.69) is 5.32 Å². The molecule has 0 atom stereocenters. The van der Waals surface area contributed by atoms with Crippen molar-refractivity contribution < 1.29 is 14.3 Å². The van der Waals surface area contributed by atoms with E-state index in [-0.39, 0.29) is 6.10 Å². The molecule has 3 N–H and O–H groups in total. The van der Waals surface area contributed by atoms with Crippen LogP contribution in [0.1, 0.15) is 5.56 Å². The third-order valence-corrected chi connectivity index (χ3v) is 2.29. The lowest BCUT2D eigenvalue weighted by Crippen LogP contribution is -2.38. The molecule has 1 aromatic rings. The number of carbonyl (C=O) groups is 1. The van der Waals surface area contributed by atoms with Crippen LogP contribution in [-0.2, 0) is 16.0 Å². The van der Waals surface area contributed by atoms with Gasteiger partial charge in [0.15, 0.2) is 6.10 Å². The molecular weight excluding hydrogens is 208 g/mol. The fourth-order valence-corrected chi connectivity index (χ4v) is 1.36. The summed E-state index contributed by atoms with van der Waals surface area (Å²) in [6.07, 6.45) is -0.569. The van der Waals surface area contributed by atoms with Crippen LogP contribution in [0.25, 0.3) is 0 Å². The number of nitrogens with two attached hydrogens (primary N) is 1. The summed E-state index contributed by atoms with van der Waals surface area (Å²) < 4.78 is 9.96. The number of hydrogen-bond donors (Lipinski definition) is 2. The molecule has 86 valence electrons. The predicted molar refractivity (Wildman–Crippen MR) is 59.0 cm³/mol. The zero-order valence-electron chi connectivity index (χ0n) is 8.81. The van der Waals surface area contributed by atoms with E-state index in [1.165, 1.54) is 0 Å². The first kappa shape index (κ1) is 10.9. The summed E-state index contributed by atoms with van der Waals surface area (Å²) in [6, 6.07) is 7.34. The molecule has 0 saturated carbocycles. The first-order chi connectivity index (χ1) is 7.78. The maximum Gasteiger partial charge on any atom is 0.412 e. The Kier molecular flexibility index (Phi) is 3.38. The van der Waals surface area contributed by atoms with Gasteiger partial charge in [0.2, 0.25) is 0 Å². The Morgan fingerprint density at radius 2 is 2.38 bits per heavy atom. The van der Waals surface area contributed by atoms with Gasteiger partial charge in [0.25, 0.3) is 0 Å². The maximum atomic E-state index is 11.4. The van der Waals surface area contributed by atoms with Crippen LogP contribution in [0.15, 0.2) is 24.3 Å². The van der Waals surface area contributed by atoms with Crippen molar-refractivity contribution in [1.29, 1.82) is 0 Å². The fourth-order valence-electron chi connectivity index (χ4n) is 1.36. The molecule has 0 aliphatic carbocycles. The lowest BCUT2D eigenvalue weighted by molar-refractivity contribution is -0.0951. The molecule has 0 radical (unpaired) electrons. The minimum atomic E-state index is -0.456.